The van der Waals surface area contributed by atoms with Crippen LogP contribution in [0.2, 0.25) is 0 Å². The summed E-state index contributed by atoms with van der Waals surface area (Å²) < 4.78 is 21.2. The summed E-state index contributed by atoms with van der Waals surface area (Å²) in [5.74, 6) is 1.08. The molecule has 0 aliphatic heterocycles. The second kappa shape index (κ2) is 12.3. The highest BCUT2D eigenvalue weighted by Gasteiger charge is 2.09. The fourth-order valence-corrected chi connectivity index (χ4v) is 2.53. The summed E-state index contributed by atoms with van der Waals surface area (Å²) in [6, 6.07) is 13.7. The minimum absolute atomic E-state index is 0.337. The van der Waals surface area contributed by atoms with Crippen molar-refractivity contribution in [1.29, 1.82) is 0 Å². The fourth-order valence-electron chi connectivity index (χ4n) is 2.53. The molecule has 0 atom stereocenters. The van der Waals surface area contributed by atoms with Gasteiger partial charge in [0.25, 0.3) is 0 Å². The summed E-state index contributed by atoms with van der Waals surface area (Å²) in [5.41, 5.74) is 0.871. The van der Waals surface area contributed by atoms with Crippen molar-refractivity contribution < 1.29 is 28.5 Å². The lowest BCUT2D eigenvalue weighted by molar-refractivity contribution is -0.139. The molecule has 160 valence electrons. The summed E-state index contributed by atoms with van der Waals surface area (Å²) in [7, 11) is 1.57. The number of unbranched alkanes of at least 4 members (excludes halogenated alkanes) is 3. The summed E-state index contributed by atoms with van der Waals surface area (Å²) in [6.45, 7) is 6.19. The van der Waals surface area contributed by atoms with E-state index >= 15 is 0 Å². The Balaban J connectivity index is 1.63. The molecule has 0 aromatic heterocycles. The normalized spacial score (nSPS) is 10.2. The first kappa shape index (κ1) is 23.0. The summed E-state index contributed by atoms with van der Waals surface area (Å²) in [6.07, 6.45) is 3.69. The number of methoxy groups -OCH3 is 1. The largest absolute Gasteiger partial charge is 0.497 e. The molecule has 6 heteroatoms. The van der Waals surface area contributed by atoms with Crippen LogP contribution in [0.1, 0.15) is 43.0 Å². The number of carbonyl (C=O) groups is 2. The molecule has 0 bridgehead atoms. The Hall–Kier alpha value is -3.28. The first-order valence-corrected chi connectivity index (χ1v) is 9.91. The van der Waals surface area contributed by atoms with Crippen molar-refractivity contribution >= 4 is 11.9 Å². The number of carbonyl (C=O) groups excluding carboxylic acids is 2. The summed E-state index contributed by atoms with van der Waals surface area (Å²) >= 11 is 0. The van der Waals surface area contributed by atoms with Crippen LogP contribution >= 0.6 is 0 Å². The van der Waals surface area contributed by atoms with Gasteiger partial charge in [-0.05, 0) is 81.1 Å². The van der Waals surface area contributed by atoms with Crippen molar-refractivity contribution in [1.82, 2.24) is 0 Å². The number of esters is 2. The first-order valence-electron chi connectivity index (χ1n) is 9.91. The van der Waals surface area contributed by atoms with Gasteiger partial charge in [-0.1, -0.05) is 6.58 Å². The lowest BCUT2D eigenvalue weighted by Gasteiger charge is -2.08. The number of hydrogen-bond acceptors (Lipinski definition) is 6. The molecule has 0 unspecified atom stereocenters. The quantitative estimate of drug-likeness (QED) is 0.212. The molecule has 2 aromatic carbocycles. The summed E-state index contributed by atoms with van der Waals surface area (Å²) in [4.78, 5) is 23.4. The molecule has 0 aliphatic carbocycles. The average Bonchev–Trinajstić information content (AvgIpc) is 2.76. The molecule has 0 heterocycles. The molecule has 0 saturated heterocycles. The first-order chi connectivity index (χ1) is 14.5. The van der Waals surface area contributed by atoms with Crippen LogP contribution in [0.5, 0.6) is 17.2 Å². The van der Waals surface area contributed by atoms with Gasteiger partial charge < -0.3 is 18.9 Å². The maximum atomic E-state index is 12.2. The average molecular weight is 412 g/mol. The Labute approximate surface area is 177 Å². The van der Waals surface area contributed by atoms with Crippen LogP contribution < -0.4 is 14.2 Å². The van der Waals surface area contributed by atoms with Crippen LogP contribution in [-0.2, 0) is 9.53 Å². The van der Waals surface area contributed by atoms with Gasteiger partial charge in [-0.3, -0.25) is 0 Å². The molecule has 2 aromatic rings. The monoisotopic (exact) mass is 412 g/mol. The zero-order valence-corrected chi connectivity index (χ0v) is 17.5. The fraction of sp³-hybridized carbons (Fsp3) is 0.333. The topological polar surface area (TPSA) is 71.1 Å². The molecule has 0 spiro atoms. The lowest BCUT2D eigenvalue weighted by atomic mass is 10.2. The van der Waals surface area contributed by atoms with Crippen molar-refractivity contribution in [3.8, 4) is 17.2 Å². The molecule has 30 heavy (non-hydrogen) atoms. The smallest absolute Gasteiger partial charge is 0.343 e. The van der Waals surface area contributed by atoms with Crippen LogP contribution in [0.3, 0.4) is 0 Å². The number of benzene rings is 2. The Kier molecular flexibility index (Phi) is 9.45. The Morgan fingerprint density at radius 2 is 1.37 bits per heavy atom. The Morgan fingerprint density at radius 3 is 1.97 bits per heavy atom. The summed E-state index contributed by atoms with van der Waals surface area (Å²) in [5, 5.41) is 0. The van der Waals surface area contributed by atoms with E-state index in [1.165, 1.54) is 0 Å². The van der Waals surface area contributed by atoms with Crippen molar-refractivity contribution in [3.63, 3.8) is 0 Å². The highest BCUT2D eigenvalue weighted by Crippen LogP contribution is 2.20. The third-order valence-corrected chi connectivity index (χ3v) is 4.25. The second-order valence-electron chi connectivity index (χ2n) is 6.77. The molecule has 0 saturated carbocycles. The van der Waals surface area contributed by atoms with Gasteiger partial charge in [0.05, 0.1) is 25.9 Å². The SMILES string of the molecule is C=C(C)C(=O)OCCCCCCOc1ccc(OC(=O)c2ccc(OC)cc2)cc1. The Bertz CT molecular complexity index is 824. The molecular weight excluding hydrogens is 384 g/mol. The highest BCUT2D eigenvalue weighted by molar-refractivity contribution is 5.91. The van der Waals surface area contributed by atoms with E-state index in [2.05, 4.69) is 6.58 Å². The lowest BCUT2D eigenvalue weighted by Crippen LogP contribution is -2.08. The molecule has 0 aliphatic rings. The van der Waals surface area contributed by atoms with Crippen molar-refractivity contribution in [2.24, 2.45) is 0 Å². The molecule has 0 radical (unpaired) electrons. The standard InChI is InChI=1S/C24H28O6/c1-18(2)23(25)29-17-7-5-4-6-16-28-21-12-14-22(15-13-21)30-24(26)19-8-10-20(27-3)11-9-19/h8-15H,1,4-7,16-17H2,2-3H3. The minimum atomic E-state index is -0.430. The van der Waals surface area contributed by atoms with E-state index in [9.17, 15) is 9.59 Å². The number of rotatable bonds is 12. The van der Waals surface area contributed by atoms with E-state index in [1.54, 1.807) is 62.6 Å². The predicted molar refractivity (Wildman–Crippen MR) is 114 cm³/mol. The zero-order valence-electron chi connectivity index (χ0n) is 17.5. The third kappa shape index (κ3) is 7.99. The molecule has 0 amide bonds. The molecule has 2 rings (SSSR count). The van der Waals surface area contributed by atoms with Crippen molar-refractivity contribution in [2.45, 2.75) is 32.6 Å². The molecule has 0 N–H and O–H groups in total. The van der Waals surface area contributed by atoms with Gasteiger partial charge in [-0.25, -0.2) is 9.59 Å². The maximum absolute atomic E-state index is 12.2. The third-order valence-electron chi connectivity index (χ3n) is 4.25. The minimum Gasteiger partial charge on any atom is -0.497 e. The van der Waals surface area contributed by atoms with Gasteiger partial charge in [0.15, 0.2) is 0 Å². The Morgan fingerprint density at radius 1 is 0.800 bits per heavy atom. The maximum Gasteiger partial charge on any atom is 0.343 e. The van der Waals surface area contributed by atoms with Crippen molar-refractivity contribution in [3.05, 3.63) is 66.2 Å². The van der Waals surface area contributed by atoms with E-state index < -0.39 is 5.97 Å². The van der Waals surface area contributed by atoms with Gasteiger partial charge in [0.2, 0.25) is 0 Å². The van der Waals surface area contributed by atoms with E-state index in [4.69, 9.17) is 18.9 Å². The second-order valence-corrected chi connectivity index (χ2v) is 6.77. The van der Waals surface area contributed by atoms with Gasteiger partial charge >= 0.3 is 11.9 Å². The van der Waals surface area contributed by atoms with Gasteiger partial charge in [0, 0.05) is 5.57 Å². The van der Waals surface area contributed by atoms with Gasteiger partial charge in [-0.2, -0.15) is 0 Å². The van der Waals surface area contributed by atoms with Crippen LogP contribution in [0.4, 0.5) is 0 Å². The predicted octanol–water partition coefficient (Wildman–Crippen LogP) is 4.97. The molecule has 0 fully saturated rings. The zero-order chi connectivity index (χ0) is 21.8. The highest BCUT2D eigenvalue weighted by atomic mass is 16.5. The van der Waals surface area contributed by atoms with Gasteiger partial charge in [-0.15, -0.1) is 0 Å². The van der Waals surface area contributed by atoms with Gasteiger partial charge in [0.1, 0.15) is 17.2 Å². The van der Waals surface area contributed by atoms with E-state index in [-0.39, 0.29) is 5.97 Å². The van der Waals surface area contributed by atoms with E-state index in [1.807, 2.05) is 0 Å². The van der Waals surface area contributed by atoms with Crippen LogP contribution in [0, 0.1) is 0 Å². The van der Waals surface area contributed by atoms with Crippen LogP contribution in [0.15, 0.2) is 60.7 Å². The van der Waals surface area contributed by atoms with Crippen LogP contribution in [-0.4, -0.2) is 32.3 Å². The number of hydrogen-bond donors (Lipinski definition) is 0. The number of ether oxygens (including phenoxy) is 4. The van der Waals surface area contributed by atoms with E-state index in [0.29, 0.717) is 35.8 Å². The van der Waals surface area contributed by atoms with Crippen LogP contribution in [0.25, 0.3) is 0 Å². The molecular formula is C24H28O6. The van der Waals surface area contributed by atoms with E-state index in [0.717, 1.165) is 31.4 Å². The van der Waals surface area contributed by atoms with Crippen molar-refractivity contribution in [2.75, 3.05) is 20.3 Å². The molecule has 6 nitrogen and oxygen atoms in total.